The summed E-state index contributed by atoms with van der Waals surface area (Å²) in [7, 11) is 4.09. The predicted molar refractivity (Wildman–Crippen MR) is 107 cm³/mol. The van der Waals surface area contributed by atoms with E-state index in [-0.39, 0.29) is 0 Å². The summed E-state index contributed by atoms with van der Waals surface area (Å²) in [6, 6.07) is 26.7. The normalized spacial score (nSPS) is 10.7. The molecule has 4 heteroatoms. The van der Waals surface area contributed by atoms with Crippen LogP contribution in [-0.2, 0) is 0 Å². The van der Waals surface area contributed by atoms with Gasteiger partial charge in [-0.05, 0) is 42.5 Å². The largest absolute Gasteiger partial charge is 0.378 e. The number of hydrogen-bond acceptors (Lipinski definition) is 3. The third kappa shape index (κ3) is 3.09. The second-order valence-corrected chi connectivity index (χ2v) is 6.32. The van der Waals surface area contributed by atoms with E-state index in [1.165, 1.54) is 5.69 Å². The highest BCUT2D eigenvalue weighted by atomic mass is 15.3. The van der Waals surface area contributed by atoms with Gasteiger partial charge in [0.15, 0.2) is 0 Å². The number of anilines is 1. The standard InChI is InChI=1S/C22H20N4/c1-25(2)18-13-11-17(12-14-18)22-16-21(20-10-6-7-15-23-20)24-26(22)19-8-4-3-5-9-19/h3-16H,1-2H3. The molecule has 2 aromatic carbocycles. The van der Waals surface area contributed by atoms with Gasteiger partial charge in [-0.1, -0.05) is 36.4 Å². The van der Waals surface area contributed by atoms with Gasteiger partial charge in [-0.15, -0.1) is 0 Å². The Balaban J connectivity index is 1.85. The fourth-order valence-electron chi connectivity index (χ4n) is 2.92. The molecular formula is C22H20N4. The summed E-state index contributed by atoms with van der Waals surface area (Å²) in [6.07, 6.45) is 1.79. The molecule has 0 amide bonds. The van der Waals surface area contributed by atoms with E-state index in [0.29, 0.717) is 0 Å². The number of hydrogen-bond donors (Lipinski definition) is 0. The van der Waals surface area contributed by atoms with Gasteiger partial charge in [0.2, 0.25) is 0 Å². The average Bonchev–Trinajstić information content (AvgIpc) is 3.15. The summed E-state index contributed by atoms with van der Waals surface area (Å²) in [4.78, 5) is 6.54. The van der Waals surface area contributed by atoms with Crippen LogP contribution in [0.4, 0.5) is 5.69 Å². The van der Waals surface area contributed by atoms with Gasteiger partial charge in [0.05, 0.1) is 17.1 Å². The molecule has 128 valence electrons. The molecule has 4 aromatic rings. The van der Waals surface area contributed by atoms with E-state index in [0.717, 1.165) is 28.3 Å². The highest BCUT2D eigenvalue weighted by Crippen LogP contribution is 2.29. The SMILES string of the molecule is CN(C)c1ccc(-c2cc(-c3ccccn3)nn2-c2ccccc2)cc1. The zero-order valence-corrected chi connectivity index (χ0v) is 14.9. The summed E-state index contributed by atoms with van der Waals surface area (Å²) < 4.78 is 1.98. The van der Waals surface area contributed by atoms with E-state index >= 15 is 0 Å². The quantitative estimate of drug-likeness (QED) is 0.541. The summed E-state index contributed by atoms with van der Waals surface area (Å²) in [5, 5.41) is 4.83. The maximum atomic E-state index is 4.83. The minimum absolute atomic E-state index is 0.862. The Morgan fingerprint density at radius 2 is 1.50 bits per heavy atom. The van der Waals surface area contributed by atoms with Crippen molar-refractivity contribution >= 4 is 5.69 Å². The molecule has 0 saturated heterocycles. The monoisotopic (exact) mass is 340 g/mol. The molecule has 0 N–H and O–H groups in total. The lowest BCUT2D eigenvalue weighted by atomic mass is 10.1. The Morgan fingerprint density at radius 1 is 0.769 bits per heavy atom. The molecule has 0 saturated carbocycles. The molecule has 0 radical (unpaired) electrons. The van der Waals surface area contributed by atoms with Crippen LogP contribution in [0, 0.1) is 0 Å². The first-order valence-electron chi connectivity index (χ1n) is 8.57. The molecule has 0 atom stereocenters. The first-order valence-corrected chi connectivity index (χ1v) is 8.57. The van der Waals surface area contributed by atoms with Crippen LogP contribution in [0.2, 0.25) is 0 Å². The van der Waals surface area contributed by atoms with E-state index in [1.54, 1.807) is 6.20 Å². The Morgan fingerprint density at radius 3 is 2.15 bits per heavy atom. The number of aromatic nitrogens is 3. The van der Waals surface area contributed by atoms with Crippen LogP contribution in [-0.4, -0.2) is 28.9 Å². The van der Waals surface area contributed by atoms with Gasteiger partial charge in [-0.2, -0.15) is 5.10 Å². The third-order valence-electron chi connectivity index (χ3n) is 4.32. The van der Waals surface area contributed by atoms with Crippen LogP contribution in [0.3, 0.4) is 0 Å². The second-order valence-electron chi connectivity index (χ2n) is 6.32. The Bertz CT molecular complexity index is 988. The van der Waals surface area contributed by atoms with Crippen LogP contribution in [0.1, 0.15) is 0 Å². The lowest BCUT2D eigenvalue weighted by molar-refractivity contribution is 0.890. The number of rotatable bonds is 4. The number of pyridine rings is 1. The zero-order chi connectivity index (χ0) is 17.9. The fourth-order valence-corrected chi connectivity index (χ4v) is 2.92. The van der Waals surface area contributed by atoms with Crippen molar-refractivity contribution < 1.29 is 0 Å². The first kappa shape index (κ1) is 16.1. The summed E-state index contributed by atoms with van der Waals surface area (Å²) in [5.41, 5.74) is 6.09. The van der Waals surface area contributed by atoms with Crippen molar-refractivity contribution in [1.29, 1.82) is 0 Å². The molecule has 2 heterocycles. The van der Waals surface area contributed by atoms with Crippen molar-refractivity contribution in [2.24, 2.45) is 0 Å². The molecule has 0 bridgehead atoms. The highest BCUT2D eigenvalue weighted by Gasteiger charge is 2.13. The van der Waals surface area contributed by atoms with Crippen LogP contribution >= 0.6 is 0 Å². The van der Waals surface area contributed by atoms with Crippen molar-refractivity contribution in [3.63, 3.8) is 0 Å². The lowest BCUT2D eigenvalue weighted by Gasteiger charge is -2.13. The van der Waals surface area contributed by atoms with E-state index in [9.17, 15) is 0 Å². The Labute approximate surface area is 153 Å². The fraction of sp³-hybridized carbons (Fsp3) is 0.0909. The van der Waals surface area contributed by atoms with Crippen LogP contribution in [0.25, 0.3) is 28.3 Å². The minimum atomic E-state index is 0.862. The van der Waals surface area contributed by atoms with Gasteiger partial charge in [0.1, 0.15) is 5.69 Å². The van der Waals surface area contributed by atoms with Crippen molar-refractivity contribution in [2.75, 3.05) is 19.0 Å². The summed E-state index contributed by atoms with van der Waals surface area (Å²) in [5.74, 6) is 0. The molecule has 0 fully saturated rings. The van der Waals surface area contributed by atoms with Gasteiger partial charge >= 0.3 is 0 Å². The van der Waals surface area contributed by atoms with E-state index < -0.39 is 0 Å². The van der Waals surface area contributed by atoms with Gasteiger partial charge in [-0.3, -0.25) is 4.98 Å². The number of nitrogens with zero attached hydrogens (tertiary/aromatic N) is 4. The smallest absolute Gasteiger partial charge is 0.112 e. The molecule has 26 heavy (non-hydrogen) atoms. The topological polar surface area (TPSA) is 34.0 Å². The van der Waals surface area contributed by atoms with E-state index in [4.69, 9.17) is 5.10 Å². The molecule has 0 aliphatic heterocycles. The molecule has 0 aliphatic carbocycles. The van der Waals surface area contributed by atoms with Gasteiger partial charge in [0.25, 0.3) is 0 Å². The minimum Gasteiger partial charge on any atom is -0.378 e. The molecular weight excluding hydrogens is 320 g/mol. The highest BCUT2D eigenvalue weighted by molar-refractivity contribution is 5.70. The first-order chi connectivity index (χ1) is 12.7. The molecule has 4 nitrogen and oxygen atoms in total. The molecule has 0 unspecified atom stereocenters. The van der Waals surface area contributed by atoms with Crippen molar-refractivity contribution in [3.8, 4) is 28.3 Å². The number of para-hydroxylation sites is 1. The van der Waals surface area contributed by atoms with Gasteiger partial charge in [-0.25, -0.2) is 4.68 Å². The van der Waals surface area contributed by atoms with Crippen LogP contribution in [0.15, 0.2) is 85.1 Å². The van der Waals surface area contributed by atoms with Crippen LogP contribution in [0.5, 0.6) is 0 Å². The third-order valence-corrected chi connectivity index (χ3v) is 4.32. The van der Waals surface area contributed by atoms with E-state index in [2.05, 4.69) is 52.3 Å². The van der Waals surface area contributed by atoms with Gasteiger partial charge in [0, 0.05) is 31.5 Å². The molecule has 2 aromatic heterocycles. The van der Waals surface area contributed by atoms with Crippen molar-refractivity contribution in [3.05, 3.63) is 85.1 Å². The predicted octanol–water partition coefficient (Wildman–Crippen LogP) is 4.67. The van der Waals surface area contributed by atoms with Crippen LogP contribution < -0.4 is 4.90 Å². The molecule has 0 aliphatic rings. The number of benzene rings is 2. The average molecular weight is 340 g/mol. The molecule has 4 rings (SSSR count). The maximum absolute atomic E-state index is 4.83. The van der Waals surface area contributed by atoms with Crippen molar-refractivity contribution in [1.82, 2.24) is 14.8 Å². The lowest BCUT2D eigenvalue weighted by Crippen LogP contribution is -2.08. The summed E-state index contributed by atoms with van der Waals surface area (Å²) in [6.45, 7) is 0. The zero-order valence-electron chi connectivity index (χ0n) is 14.9. The second kappa shape index (κ2) is 6.84. The van der Waals surface area contributed by atoms with E-state index in [1.807, 2.05) is 55.2 Å². The Kier molecular flexibility index (Phi) is 4.23. The summed E-state index contributed by atoms with van der Waals surface area (Å²) >= 11 is 0. The van der Waals surface area contributed by atoms with Crippen molar-refractivity contribution in [2.45, 2.75) is 0 Å². The maximum Gasteiger partial charge on any atom is 0.112 e. The Hall–Kier alpha value is -3.40. The molecule has 0 spiro atoms. The van der Waals surface area contributed by atoms with Gasteiger partial charge < -0.3 is 4.90 Å².